The lowest BCUT2D eigenvalue weighted by atomic mass is 9.98. The van der Waals surface area contributed by atoms with E-state index in [2.05, 4.69) is 69.4 Å². The van der Waals surface area contributed by atoms with Gasteiger partial charge in [0.15, 0.2) is 24.6 Å². The van der Waals surface area contributed by atoms with Gasteiger partial charge in [0.05, 0.1) is 6.61 Å². The van der Waals surface area contributed by atoms with E-state index in [0.717, 1.165) is 128 Å². The lowest BCUT2D eigenvalue weighted by molar-refractivity contribution is -0.301. The lowest BCUT2D eigenvalue weighted by Crippen LogP contribution is -2.61. The minimum Gasteiger partial charge on any atom is -0.479 e. The van der Waals surface area contributed by atoms with Crippen LogP contribution >= 0.6 is 0 Å². The number of hydrogen-bond acceptors (Lipinski definition) is 11. The summed E-state index contributed by atoms with van der Waals surface area (Å²) in [6.45, 7) is 5.85. The van der Waals surface area contributed by atoms with Crippen molar-refractivity contribution in [2.24, 2.45) is 0 Å². The standard InChI is InChI=1S/C57H98O12/c1-4-7-10-13-16-19-22-24-25-27-29-31-34-37-40-43-49(58)65-46-48(67-50(59)44-41-38-35-32-28-21-18-15-12-9-6-3)47-66-57-55(53(62)52(61)54(69-57)56(63)64)68-51(60)45-42-39-36-33-30-26-23-20-17-14-11-8-5-2/h11,14-15,18,20,23-25,48,52-55,57,61-62H,4-10,12-13,16-17,19,21-22,26-47H2,1-3H3,(H,63,64)/b14-11-,18-15-,23-20-,25-24-. The summed E-state index contributed by atoms with van der Waals surface area (Å²) in [6, 6.07) is 0. The molecule has 1 fully saturated rings. The average molecular weight is 975 g/mol. The van der Waals surface area contributed by atoms with Crippen molar-refractivity contribution in [1.82, 2.24) is 0 Å². The van der Waals surface area contributed by atoms with Gasteiger partial charge in [0.1, 0.15) is 18.8 Å². The summed E-state index contributed by atoms with van der Waals surface area (Å²) in [5.74, 6) is -3.15. The van der Waals surface area contributed by atoms with Gasteiger partial charge in [-0.3, -0.25) is 14.4 Å². The van der Waals surface area contributed by atoms with Crippen molar-refractivity contribution in [3.63, 3.8) is 0 Å². The highest BCUT2D eigenvalue weighted by Crippen LogP contribution is 2.26. The molecule has 12 nitrogen and oxygen atoms in total. The molecule has 3 N–H and O–H groups in total. The topological polar surface area (TPSA) is 175 Å². The fourth-order valence-corrected chi connectivity index (χ4v) is 8.03. The zero-order chi connectivity index (χ0) is 50.4. The molecule has 0 aromatic heterocycles. The maximum Gasteiger partial charge on any atom is 0.335 e. The highest BCUT2D eigenvalue weighted by Gasteiger charge is 2.50. The molecule has 1 aliphatic heterocycles. The number of carbonyl (C=O) groups excluding carboxylic acids is 3. The van der Waals surface area contributed by atoms with Gasteiger partial charge in [-0.05, 0) is 89.9 Å². The SMILES string of the molecule is CCC/C=C\C/C=C\CCCCCCCC(=O)OC1C(OCC(COC(=O)CCCCCCC/C=C\CCCCCCCC)OC(=O)CCCCCCC/C=C\CCCC)OC(C(=O)O)C(O)C1O. The molecule has 0 radical (unpaired) electrons. The van der Waals surface area contributed by atoms with E-state index in [1.807, 2.05) is 0 Å². The molecule has 0 aromatic rings. The Hall–Kier alpha value is -3.32. The van der Waals surface area contributed by atoms with E-state index in [1.165, 1.54) is 51.4 Å². The first-order valence-corrected chi connectivity index (χ1v) is 27.6. The van der Waals surface area contributed by atoms with Crippen LogP contribution in [0.1, 0.15) is 239 Å². The van der Waals surface area contributed by atoms with Crippen LogP contribution in [0.2, 0.25) is 0 Å². The highest BCUT2D eigenvalue weighted by atomic mass is 16.7. The molecule has 1 aliphatic rings. The smallest absolute Gasteiger partial charge is 0.335 e. The molecular formula is C57H98O12. The number of rotatable bonds is 46. The van der Waals surface area contributed by atoms with Crippen LogP contribution in [0.5, 0.6) is 0 Å². The maximum absolute atomic E-state index is 13.1. The van der Waals surface area contributed by atoms with Crippen LogP contribution in [-0.4, -0.2) is 89.2 Å². The first kappa shape index (κ1) is 63.7. The summed E-state index contributed by atoms with van der Waals surface area (Å²) >= 11 is 0. The van der Waals surface area contributed by atoms with E-state index in [1.54, 1.807) is 0 Å². The minimum atomic E-state index is -1.91. The maximum atomic E-state index is 13.1. The Morgan fingerprint density at radius 1 is 0.478 bits per heavy atom. The van der Waals surface area contributed by atoms with Gasteiger partial charge in [0.2, 0.25) is 0 Å². The molecule has 12 heteroatoms. The van der Waals surface area contributed by atoms with Gasteiger partial charge in [0, 0.05) is 19.3 Å². The first-order valence-electron chi connectivity index (χ1n) is 27.6. The van der Waals surface area contributed by atoms with E-state index in [-0.39, 0.29) is 25.9 Å². The number of esters is 3. The third-order valence-electron chi connectivity index (χ3n) is 12.3. The van der Waals surface area contributed by atoms with Gasteiger partial charge in [-0.2, -0.15) is 0 Å². The van der Waals surface area contributed by atoms with Crippen LogP contribution in [0, 0.1) is 0 Å². The Morgan fingerprint density at radius 2 is 0.913 bits per heavy atom. The van der Waals surface area contributed by atoms with Crippen molar-refractivity contribution >= 4 is 23.9 Å². The number of carboxylic acid groups (broad SMARTS) is 1. The molecule has 6 atom stereocenters. The number of unbranched alkanes of at least 4 members (excludes halogenated alkanes) is 24. The van der Waals surface area contributed by atoms with Crippen molar-refractivity contribution in [2.45, 2.75) is 276 Å². The number of hydrogen-bond donors (Lipinski definition) is 3. The Bertz CT molecular complexity index is 1390. The number of allylic oxidation sites excluding steroid dienone is 8. The van der Waals surface area contributed by atoms with Crippen LogP contribution in [0.4, 0.5) is 0 Å². The molecule has 0 aromatic carbocycles. The van der Waals surface area contributed by atoms with E-state index in [4.69, 9.17) is 23.7 Å². The van der Waals surface area contributed by atoms with Gasteiger partial charge >= 0.3 is 23.9 Å². The van der Waals surface area contributed by atoms with Crippen molar-refractivity contribution in [2.75, 3.05) is 13.2 Å². The fourth-order valence-electron chi connectivity index (χ4n) is 8.03. The van der Waals surface area contributed by atoms with Crippen molar-refractivity contribution < 1.29 is 58.2 Å². The molecule has 1 heterocycles. The zero-order valence-electron chi connectivity index (χ0n) is 43.6. The monoisotopic (exact) mass is 975 g/mol. The number of ether oxygens (including phenoxy) is 5. The van der Waals surface area contributed by atoms with Crippen molar-refractivity contribution in [3.8, 4) is 0 Å². The van der Waals surface area contributed by atoms with Crippen LogP contribution < -0.4 is 0 Å². The number of aliphatic hydroxyl groups excluding tert-OH is 2. The summed E-state index contributed by atoms with van der Waals surface area (Å²) in [5, 5.41) is 31.4. The van der Waals surface area contributed by atoms with Crippen molar-refractivity contribution in [3.05, 3.63) is 48.6 Å². The van der Waals surface area contributed by atoms with E-state index >= 15 is 0 Å². The minimum absolute atomic E-state index is 0.0430. The molecule has 69 heavy (non-hydrogen) atoms. The van der Waals surface area contributed by atoms with Gasteiger partial charge < -0.3 is 39.0 Å². The lowest BCUT2D eigenvalue weighted by Gasteiger charge is -2.40. The molecule has 0 aliphatic carbocycles. The third kappa shape index (κ3) is 36.3. The second kappa shape index (κ2) is 45.8. The van der Waals surface area contributed by atoms with E-state index < -0.39 is 67.3 Å². The van der Waals surface area contributed by atoms with Gasteiger partial charge in [-0.15, -0.1) is 0 Å². The Balaban J connectivity index is 2.72. The zero-order valence-corrected chi connectivity index (χ0v) is 43.6. The average Bonchev–Trinajstić information content (AvgIpc) is 3.33. The fraction of sp³-hybridized carbons (Fsp3) is 0.789. The second-order valence-corrected chi connectivity index (χ2v) is 18.9. The van der Waals surface area contributed by atoms with Crippen molar-refractivity contribution in [1.29, 1.82) is 0 Å². The van der Waals surface area contributed by atoms with E-state index in [0.29, 0.717) is 19.3 Å². The summed E-state index contributed by atoms with van der Waals surface area (Å²) in [6.07, 6.45) is 40.9. The predicted molar refractivity (Wildman–Crippen MR) is 276 cm³/mol. The summed E-state index contributed by atoms with van der Waals surface area (Å²) in [7, 11) is 0. The highest BCUT2D eigenvalue weighted by molar-refractivity contribution is 5.74. The molecule has 6 unspecified atom stereocenters. The first-order chi connectivity index (χ1) is 33.6. The molecule has 1 rings (SSSR count). The van der Waals surface area contributed by atoms with Crippen LogP contribution in [0.25, 0.3) is 0 Å². The predicted octanol–water partition coefficient (Wildman–Crippen LogP) is 13.4. The largest absolute Gasteiger partial charge is 0.479 e. The third-order valence-corrected chi connectivity index (χ3v) is 12.3. The molecule has 0 amide bonds. The molecule has 1 saturated heterocycles. The summed E-state index contributed by atoms with van der Waals surface area (Å²) < 4.78 is 28.3. The van der Waals surface area contributed by atoms with Gasteiger partial charge in [0.25, 0.3) is 0 Å². The van der Waals surface area contributed by atoms with Gasteiger partial charge in [-0.1, -0.05) is 179 Å². The molecule has 0 saturated carbocycles. The second-order valence-electron chi connectivity index (χ2n) is 18.9. The van der Waals surface area contributed by atoms with Crippen LogP contribution in [-0.2, 0) is 42.9 Å². The molecule has 398 valence electrons. The number of carboxylic acids is 1. The van der Waals surface area contributed by atoms with Gasteiger partial charge in [-0.25, -0.2) is 4.79 Å². The van der Waals surface area contributed by atoms with Crippen LogP contribution in [0.15, 0.2) is 48.6 Å². The molecule has 0 bridgehead atoms. The Morgan fingerprint density at radius 3 is 1.42 bits per heavy atom. The normalized spacial score (nSPS) is 19.0. The number of carbonyl (C=O) groups is 4. The Kier molecular flexibility index (Phi) is 42.3. The van der Waals surface area contributed by atoms with E-state index in [9.17, 15) is 34.5 Å². The number of aliphatic carboxylic acids is 1. The Labute approximate surface area is 418 Å². The molecule has 0 spiro atoms. The quantitative estimate of drug-likeness (QED) is 0.0228. The number of aliphatic hydroxyl groups is 2. The van der Waals surface area contributed by atoms with Crippen LogP contribution in [0.3, 0.4) is 0 Å². The molecular weight excluding hydrogens is 877 g/mol. The summed E-state index contributed by atoms with van der Waals surface area (Å²) in [5.41, 5.74) is 0. The summed E-state index contributed by atoms with van der Waals surface area (Å²) in [4.78, 5) is 50.9.